The Morgan fingerprint density at radius 3 is 1.09 bits per heavy atom. The van der Waals surface area contributed by atoms with Crippen LogP contribution in [0.1, 0.15) is 119 Å². The number of ketones is 2. The van der Waals surface area contributed by atoms with E-state index < -0.39 is 5.41 Å². The van der Waals surface area contributed by atoms with E-state index >= 15 is 0 Å². The van der Waals surface area contributed by atoms with Gasteiger partial charge in [0.15, 0.2) is 11.6 Å². The summed E-state index contributed by atoms with van der Waals surface area (Å²) in [7, 11) is 0. The summed E-state index contributed by atoms with van der Waals surface area (Å²) in [6.45, 7) is 35.2. The van der Waals surface area contributed by atoms with Crippen LogP contribution in [0.2, 0.25) is 0 Å². The van der Waals surface area contributed by atoms with Gasteiger partial charge in [0, 0.05) is 177 Å². The molecule has 17 rings (SSSR count). The van der Waals surface area contributed by atoms with Crippen molar-refractivity contribution in [3.05, 3.63) is 463 Å². The van der Waals surface area contributed by atoms with Gasteiger partial charge in [0.25, 0.3) is 0 Å². The molecule has 0 atom stereocenters. The number of aromatic nitrogens is 7. The van der Waals surface area contributed by atoms with E-state index in [9.17, 15) is 14.7 Å². The van der Waals surface area contributed by atoms with E-state index in [1.807, 2.05) is 266 Å². The van der Waals surface area contributed by atoms with Crippen LogP contribution >= 0.6 is 0 Å². The summed E-state index contributed by atoms with van der Waals surface area (Å²) in [5.74, 6) is 0.692. The van der Waals surface area contributed by atoms with E-state index in [4.69, 9.17) is 10.1 Å². The molecule has 5 radical (unpaired) electrons. The van der Waals surface area contributed by atoms with Crippen molar-refractivity contribution < 1.29 is 120 Å². The number of carbonyl (C=O) groups is 2. The summed E-state index contributed by atoms with van der Waals surface area (Å²) in [5.41, 5.74) is 30.5. The molecule has 2 N–H and O–H groups in total. The van der Waals surface area contributed by atoms with Crippen molar-refractivity contribution in [3.8, 4) is 101 Å². The normalized spacial score (nSPS) is 10.4. The predicted octanol–water partition coefficient (Wildman–Crippen LogP) is 30.1. The first-order chi connectivity index (χ1) is 63.4. The summed E-state index contributed by atoms with van der Waals surface area (Å²) in [6.07, 6.45) is 14.7. The molecule has 0 aliphatic carbocycles. The molecule has 0 fully saturated rings. The van der Waals surface area contributed by atoms with Gasteiger partial charge in [-0.25, -0.2) is 0 Å². The van der Waals surface area contributed by atoms with Gasteiger partial charge in [0.2, 0.25) is 0 Å². The second kappa shape index (κ2) is 60.7. The zero-order valence-corrected chi connectivity index (χ0v) is 92.8. The van der Waals surface area contributed by atoms with Crippen LogP contribution in [-0.2, 0) is 117 Å². The van der Waals surface area contributed by atoms with Gasteiger partial charge in [-0.3, -0.25) is 14.6 Å². The number of aliphatic hydroxyl groups excluding tert-OH is 2. The molecule has 0 bridgehead atoms. The summed E-state index contributed by atoms with van der Waals surface area (Å²) in [5, 5.41) is 19.2. The fourth-order valence-electron chi connectivity index (χ4n) is 13.4. The van der Waals surface area contributed by atoms with Crippen molar-refractivity contribution in [3.63, 3.8) is 0 Å². The Morgan fingerprint density at radius 1 is 0.350 bits per heavy atom. The second-order valence-electron chi connectivity index (χ2n) is 34.2. The molecule has 10 aromatic carbocycles. The number of aliphatic hydroxyl groups is 2. The third-order valence-corrected chi connectivity index (χ3v) is 20.3. The summed E-state index contributed by atoms with van der Waals surface area (Å²) < 4.78 is 0. The van der Waals surface area contributed by atoms with Crippen molar-refractivity contribution in [1.82, 2.24) is 34.9 Å². The average molecular weight is 2700 g/mol. The Balaban J connectivity index is 0.000000325. The maximum absolute atomic E-state index is 11.5. The third kappa shape index (κ3) is 39.7. The Morgan fingerprint density at radius 2 is 0.752 bits per heavy atom. The van der Waals surface area contributed by atoms with Crippen molar-refractivity contribution in [2.45, 2.75) is 131 Å². The number of rotatable bonds is 13. The van der Waals surface area contributed by atoms with Gasteiger partial charge in [-0.2, -0.15) is 0 Å². The quantitative estimate of drug-likeness (QED) is 0.0641. The molecule has 7 aromatic heterocycles. The van der Waals surface area contributed by atoms with Crippen molar-refractivity contribution in [1.29, 1.82) is 0 Å². The molecule has 0 spiro atoms. The van der Waals surface area contributed by atoms with Crippen molar-refractivity contribution in [2.24, 2.45) is 16.7 Å². The van der Waals surface area contributed by atoms with Gasteiger partial charge in [-0.1, -0.05) is 235 Å². The SMILES string of the molecule is CC(=O)C=C(C)O.CC(C)(C)C(=O)C=C(O)C(C)(C)C.Cc1[c-]c(-c2ccc3c(CC(C)C)cccc3n2)cc(C)c1.Cc1cc(-c2[c-]cccc2)ncc1-c1ccccc1.Cc1cc(-c2[c-]cccc2)ncc1-c1ccccc1.Cc1ccc[c-]c1-c1ccccn1.Cc1ccc[c-]c1-c1ccccn1.Cc1ccc[c-]c1-c1ccccn1.Cc1ccnc(-c2[c-]cccc2)c1.[Ir].[Ir].[Ir].[Ir].[Ir]. The van der Waals surface area contributed by atoms with Crippen LogP contribution in [0, 0.1) is 115 Å². The largest absolute Gasteiger partial charge is 0.512 e. The number of aryl methyl sites for hydroxylation is 8. The molecule has 137 heavy (non-hydrogen) atoms. The van der Waals surface area contributed by atoms with Crippen molar-refractivity contribution >= 4 is 22.5 Å². The van der Waals surface area contributed by atoms with E-state index in [0.717, 1.165) is 96.3 Å². The number of allylic oxidation sites excluding steroid dienone is 4. The summed E-state index contributed by atoms with van der Waals surface area (Å²) >= 11 is 0. The van der Waals surface area contributed by atoms with Gasteiger partial charge < -0.3 is 40.1 Å². The molecule has 17 aromatic rings. The number of nitrogens with zero attached hydrogens (tertiary/aromatic N) is 7. The van der Waals surface area contributed by atoms with Crippen LogP contribution in [0.15, 0.2) is 370 Å². The number of pyridine rings is 7. The maximum Gasteiger partial charge on any atom is 0.164 e. The van der Waals surface area contributed by atoms with Gasteiger partial charge in [0.05, 0.1) is 11.3 Å². The molecule has 0 unspecified atom stereocenters. The van der Waals surface area contributed by atoms with E-state index in [2.05, 4.69) is 245 Å². The second-order valence-corrected chi connectivity index (χ2v) is 34.2. The first-order valence-corrected chi connectivity index (χ1v) is 44.2. The first-order valence-electron chi connectivity index (χ1n) is 44.2. The average Bonchev–Trinajstić information content (AvgIpc) is 0.796. The Labute approximate surface area is 881 Å². The maximum atomic E-state index is 11.5. The van der Waals surface area contributed by atoms with Gasteiger partial charge >= 0.3 is 0 Å². The van der Waals surface area contributed by atoms with E-state index in [-0.39, 0.29) is 129 Å². The molecule has 11 nitrogen and oxygen atoms in total. The van der Waals surface area contributed by atoms with Crippen LogP contribution in [0.4, 0.5) is 0 Å². The van der Waals surface area contributed by atoms with Crippen LogP contribution < -0.4 is 0 Å². The van der Waals surface area contributed by atoms with Crippen LogP contribution in [0.5, 0.6) is 0 Å². The molecule has 0 saturated carbocycles. The molecular formula is C121H118Ir5N7O4-7. The zero-order valence-electron chi connectivity index (χ0n) is 80.9. The molecule has 0 aliphatic heterocycles. The minimum Gasteiger partial charge on any atom is -0.512 e. The molecule has 0 amide bonds. The molecule has 0 aliphatic rings. The number of benzene rings is 10. The molecule has 713 valence electrons. The van der Waals surface area contributed by atoms with Gasteiger partial charge in [0.1, 0.15) is 5.76 Å². The molecule has 0 saturated heterocycles. The minimum atomic E-state index is -0.417. The number of fused-ring (bicyclic) bond motifs is 1. The first kappa shape index (κ1) is 117. The molecular weight excluding hydrogens is 2580 g/mol. The number of carbonyl (C=O) groups excluding carboxylic acids is 2. The van der Waals surface area contributed by atoms with E-state index in [0.29, 0.717) is 5.92 Å². The Bertz CT molecular complexity index is 6180. The minimum absolute atomic E-state index is 0. The van der Waals surface area contributed by atoms with Crippen LogP contribution in [0.25, 0.3) is 112 Å². The van der Waals surface area contributed by atoms with Gasteiger partial charge in [-0.05, 0) is 145 Å². The smallest absolute Gasteiger partial charge is 0.164 e. The molecule has 16 heteroatoms. The fourth-order valence-corrected chi connectivity index (χ4v) is 13.4. The third-order valence-electron chi connectivity index (χ3n) is 20.3. The standard InChI is InChI=1S/C21H22N.2C18H14N.4C12H10N.C11H20O2.C5H8O2.5Ir/c1-14(2)10-17-6-5-7-21-19(17)8-9-20(22-21)18-12-15(3)11-16(4)13-18;2*1-14-12-18(16-10-6-3-7-11-16)19-13-17(14)15-8-4-2-5-9-15;3*1-10-6-2-3-7-11(10)12-8-4-5-9-13-12;1-10-7-8-13-12(9-10)11-5-3-2-4-6-11;1-10(2,3)8(12)7-9(13)11(4,5)6;1-4(6)3-5(2)7;;;;;/h5-9,11-12,14H,10H2,1-4H3;2*2-10,12-13H,1H3;3*2-6,8-9H,1H3;2-5,7-9H,1H3;7,12H,1-6H3;3,6H,1-2H3;;;;;/q7*-1;;;;;;;. The van der Waals surface area contributed by atoms with Gasteiger partial charge in [-0.15, -0.1) is 249 Å². The van der Waals surface area contributed by atoms with Crippen molar-refractivity contribution in [2.75, 3.05) is 0 Å². The summed E-state index contributed by atoms with van der Waals surface area (Å²) in [4.78, 5) is 52.6. The monoisotopic (exact) mass is 2700 g/mol. The predicted molar refractivity (Wildman–Crippen MR) is 546 cm³/mol. The number of hydrogen-bond acceptors (Lipinski definition) is 11. The topological polar surface area (TPSA) is 165 Å². The zero-order chi connectivity index (χ0) is 95.0. The fraction of sp³-hybridized carbons (Fsp3) is 0.182. The molecule has 7 heterocycles. The Kier molecular flexibility index (Phi) is 52.1. The van der Waals surface area contributed by atoms with Crippen LogP contribution in [-0.4, -0.2) is 56.7 Å². The van der Waals surface area contributed by atoms with E-state index in [1.54, 1.807) is 18.6 Å². The van der Waals surface area contributed by atoms with E-state index in [1.165, 1.54) is 98.1 Å². The number of hydrogen-bond donors (Lipinski definition) is 2. The Hall–Kier alpha value is -11.8. The summed E-state index contributed by atoms with van der Waals surface area (Å²) in [6, 6.07) is 126. The van der Waals surface area contributed by atoms with Crippen LogP contribution in [0.3, 0.4) is 0 Å².